The molecule has 7 heteroatoms. The molecule has 1 aromatic carbocycles. The van der Waals surface area contributed by atoms with Crippen LogP contribution < -0.4 is 5.32 Å². The molecule has 1 N–H and O–H groups in total. The third kappa shape index (κ3) is 4.16. The van der Waals surface area contributed by atoms with Gasteiger partial charge in [0.2, 0.25) is 11.8 Å². The van der Waals surface area contributed by atoms with Crippen LogP contribution in [0.4, 0.5) is 5.69 Å². The quantitative estimate of drug-likeness (QED) is 0.580. The van der Waals surface area contributed by atoms with E-state index in [-0.39, 0.29) is 17.9 Å². The highest BCUT2D eigenvalue weighted by atomic mass is 32.2. The zero-order valence-corrected chi connectivity index (χ0v) is 17.8. The molecule has 4 nitrogen and oxygen atoms in total. The molecular weight excluding hydrogens is 408 g/mol. The highest BCUT2D eigenvalue weighted by Gasteiger charge is 2.33. The largest absolute Gasteiger partial charge is 0.330 e. The molecule has 144 valence electrons. The van der Waals surface area contributed by atoms with Crippen LogP contribution >= 0.6 is 34.4 Å². The van der Waals surface area contributed by atoms with Crippen molar-refractivity contribution in [2.75, 3.05) is 17.6 Å². The second kappa shape index (κ2) is 8.51. The van der Waals surface area contributed by atoms with Gasteiger partial charge in [-0.1, -0.05) is 6.07 Å². The molecule has 0 bridgehead atoms. The number of amides is 2. The van der Waals surface area contributed by atoms with Crippen LogP contribution in [0.2, 0.25) is 0 Å². The lowest BCUT2D eigenvalue weighted by atomic mass is 9.98. The number of carbonyl (C=O) groups is 2. The molecule has 0 spiro atoms. The van der Waals surface area contributed by atoms with E-state index in [2.05, 4.69) is 34.3 Å². The first-order valence-electron chi connectivity index (χ1n) is 9.01. The van der Waals surface area contributed by atoms with Crippen LogP contribution in [-0.4, -0.2) is 29.0 Å². The van der Waals surface area contributed by atoms with Crippen molar-refractivity contribution in [3.63, 3.8) is 0 Å². The fourth-order valence-corrected chi connectivity index (χ4v) is 5.95. The SMILES string of the molecule is CC(=O)Nc1ccc(SCC(=O)N2CCc3sccc3C2c2cccs2)cc1. The number of nitrogens with zero attached hydrogens (tertiary/aromatic N) is 1. The van der Waals surface area contributed by atoms with E-state index < -0.39 is 0 Å². The summed E-state index contributed by atoms with van der Waals surface area (Å²) in [5, 5.41) is 6.96. The van der Waals surface area contributed by atoms with E-state index in [0.717, 1.165) is 23.5 Å². The van der Waals surface area contributed by atoms with Gasteiger partial charge >= 0.3 is 0 Å². The molecule has 0 fully saturated rings. The Labute approximate surface area is 176 Å². The van der Waals surface area contributed by atoms with E-state index in [1.807, 2.05) is 29.2 Å². The van der Waals surface area contributed by atoms with Crippen LogP contribution in [0.1, 0.15) is 28.3 Å². The van der Waals surface area contributed by atoms with Gasteiger partial charge in [-0.15, -0.1) is 34.4 Å². The molecule has 28 heavy (non-hydrogen) atoms. The van der Waals surface area contributed by atoms with Gasteiger partial charge in [0.1, 0.15) is 0 Å². The Balaban J connectivity index is 1.46. The fourth-order valence-electron chi connectivity index (χ4n) is 3.40. The molecule has 3 heterocycles. The van der Waals surface area contributed by atoms with Crippen LogP contribution in [0, 0.1) is 0 Å². The number of fused-ring (bicyclic) bond motifs is 1. The van der Waals surface area contributed by atoms with Gasteiger partial charge in [-0.2, -0.15) is 0 Å². The number of hydrogen-bond acceptors (Lipinski definition) is 5. The summed E-state index contributed by atoms with van der Waals surface area (Å²) in [5.74, 6) is 0.472. The molecule has 2 aromatic heterocycles. The molecule has 0 saturated heterocycles. The molecule has 1 aliphatic rings. The highest BCUT2D eigenvalue weighted by molar-refractivity contribution is 8.00. The summed E-state index contributed by atoms with van der Waals surface area (Å²) in [6, 6.07) is 14.0. The van der Waals surface area contributed by atoms with Crippen molar-refractivity contribution in [1.82, 2.24) is 4.90 Å². The Morgan fingerprint density at radius 3 is 2.68 bits per heavy atom. The molecule has 3 aromatic rings. The van der Waals surface area contributed by atoms with Gasteiger partial charge in [-0.3, -0.25) is 9.59 Å². The molecule has 1 aliphatic heterocycles. The van der Waals surface area contributed by atoms with Gasteiger partial charge in [0.05, 0.1) is 11.8 Å². The maximum absolute atomic E-state index is 13.1. The summed E-state index contributed by atoms with van der Waals surface area (Å²) in [6.07, 6.45) is 0.927. The number of thiophene rings is 2. The summed E-state index contributed by atoms with van der Waals surface area (Å²) in [5.41, 5.74) is 2.04. The molecule has 1 unspecified atom stereocenters. The molecular formula is C21H20N2O2S3. The zero-order chi connectivity index (χ0) is 19.5. The Bertz CT molecular complexity index is 964. The average molecular weight is 429 g/mol. The van der Waals surface area contributed by atoms with Crippen LogP contribution in [0.5, 0.6) is 0 Å². The number of rotatable bonds is 5. The van der Waals surface area contributed by atoms with Crippen molar-refractivity contribution >= 4 is 51.9 Å². The smallest absolute Gasteiger partial charge is 0.233 e. The van der Waals surface area contributed by atoms with E-state index in [9.17, 15) is 9.59 Å². The van der Waals surface area contributed by atoms with Crippen LogP contribution in [0.15, 0.2) is 58.1 Å². The van der Waals surface area contributed by atoms with Crippen molar-refractivity contribution in [2.45, 2.75) is 24.3 Å². The first-order valence-corrected chi connectivity index (χ1v) is 11.8. The van der Waals surface area contributed by atoms with Crippen LogP contribution in [-0.2, 0) is 16.0 Å². The Morgan fingerprint density at radius 2 is 1.96 bits per heavy atom. The third-order valence-electron chi connectivity index (χ3n) is 4.64. The molecule has 0 radical (unpaired) electrons. The highest BCUT2D eigenvalue weighted by Crippen LogP contribution is 2.39. The van der Waals surface area contributed by atoms with Gasteiger partial charge in [-0.05, 0) is 59.1 Å². The van der Waals surface area contributed by atoms with E-state index in [1.165, 1.54) is 34.0 Å². The summed E-state index contributed by atoms with van der Waals surface area (Å²) in [4.78, 5) is 29.9. The molecule has 0 aliphatic carbocycles. The van der Waals surface area contributed by atoms with Gasteiger partial charge in [-0.25, -0.2) is 0 Å². The van der Waals surface area contributed by atoms with Crippen LogP contribution in [0.3, 0.4) is 0 Å². The standard InChI is InChI=1S/C21H20N2O2S3/c1-14(24)22-15-4-6-16(7-5-15)28-13-20(25)23-10-8-18-17(9-12-27-18)21(23)19-3-2-11-26-19/h2-7,9,11-12,21H,8,10,13H2,1H3,(H,22,24). The minimum atomic E-state index is -0.0897. The summed E-state index contributed by atoms with van der Waals surface area (Å²) >= 11 is 5.03. The van der Waals surface area contributed by atoms with Gasteiger partial charge in [0.25, 0.3) is 0 Å². The number of anilines is 1. The molecule has 0 saturated carbocycles. The molecule has 2 amide bonds. The van der Waals surface area contributed by atoms with Crippen molar-refractivity contribution in [3.8, 4) is 0 Å². The lowest BCUT2D eigenvalue weighted by molar-refractivity contribution is -0.130. The lowest BCUT2D eigenvalue weighted by Crippen LogP contribution is -2.40. The maximum Gasteiger partial charge on any atom is 0.233 e. The summed E-state index contributed by atoms with van der Waals surface area (Å²) < 4.78 is 0. The second-order valence-corrected chi connectivity index (χ2v) is 9.58. The van der Waals surface area contributed by atoms with Crippen molar-refractivity contribution in [2.24, 2.45) is 0 Å². The predicted molar refractivity (Wildman–Crippen MR) is 117 cm³/mol. The third-order valence-corrected chi connectivity index (χ3v) is 7.55. The van der Waals surface area contributed by atoms with Crippen molar-refractivity contribution in [3.05, 3.63) is 68.5 Å². The topological polar surface area (TPSA) is 49.4 Å². The minimum Gasteiger partial charge on any atom is -0.330 e. The molecule has 4 rings (SSSR count). The number of hydrogen-bond donors (Lipinski definition) is 1. The summed E-state index contributed by atoms with van der Waals surface area (Å²) in [7, 11) is 0. The van der Waals surface area contributed by atoms with Gasteiger partial charge < -0.3 is 10.2 Å². The first-order chi connectivity index (χ1) is 13.6. The van der Waals surface area contributed by atoms with Gasteiger partial charge in [0, 0.05) is 33.8 Å². The Kier molecular flexibility index (Phi) is 5.85. The summed E-state index contributed by atoms with van der Waals surface area (Å²) in [6.45, 7) is 2.25. The van der Waals surface area contributed by atoms with E-state index in [0.29, 0.717) is 5.75 Å². The average Bonchev–Trinajstić information content (AvgIpc) is 3.37. The second-order valence-electron chi connectivity index (χ2n) is 6.55. The number of thioether (sulfide) groups is 1. The number of carbonyl (C=O) groups excluding carboxylic acids is 2. The lowest BCUT2D eigenvalue weighted by Gasteiger charge is -2.35. The van der Waals surface area contributed by atoms with Crippen molar-refractivity contribution in [1.29, 1.82) is 0 Å². The first kappa shape index (κ1) is 19.2. The zero-order valence-electron chi connectivity index (χ0n) is 15.4. The van der Waals surface area contributed by atoms with E-state index in [1.54, 1.807) is 22.7 Å². The minimum absolute atomic E-state index is 0.0326. The predicted octanol–water partition coefficient (Wildman–Crippen LogP) is 5.03. The number of benzene rings is 1. The van der Waals surface area contributed by atoms with Crippen LogP contribution in [0.25, 0.3) is 0 Å². The Morgan fingerprint density at radius 1 is 1.14 bits per heavy atom. The fraction of sp³-hybridized carbons (Fsp3) is 0.238. The van der Waals surface area contributed by atoms with Gasteiger partial charge in [0.15, 0.2) is 0 Å². The monoisotopic (exact) mass is 428 g/mol. The molecule has 1 atom stereocenters. The number of nitrogens with one attached hydrogen (secondary N) is 1. The maximum atomic E-state index is 13.1. The normalized spacial score (nSPS) is 15.9. The van der Waals surface area contributed by atoms with E-state index in [4.69, 9.17) is 0 Å². The van der Waals surface area contributed by atoms with Crippen molar-refractivity contribution < 1.29 is 9.59 Å². The van der Waals surface area contributed by atoms with E-state index >= 15 is 0 Å². The Hall–Kier alpha value is -2.09.